The zero-order valence-corrected chi connectivity index (χ0v) is 5.65. The predicted molar refractivity (Wildman–Crippen MR) is 33.7 cm³/mol. The van der Waals surface area contributed by atoms with Gasteiger partial charge >= 0.3 is 6.09 Å². The number of carbonyl (C=O) groups is 1. The van der Waals surface area contributed by atoms with Crippen LogP contribution in [-0.2, 0) is 4.84 Å². The third-order valence-corrected chi connectivity index (χ3v) is 1.18. The quantitative estimate of drug-likeness (QED) is 0.520. The molecule has 1 rings (SSSR count). The molecule has 1 aliphatic heterocycles. The van der Waals surface area contributed by atoms with Crippen molar-refractivity contribution in [3.8, 4) is 0 Å². The van der Waals surface area contributed by atoms with E-state index in [9.17, 15) is 4.79 Å². The Labute approximate surface area is 62.6 Å². The minimum atomic E-state index is -1.13. The number of nitrogens with zero attached hydrogens (tertiary/aromatic N) is 1. The molecule has 0 aliphatic carbocycles. The molecule has 11 heavy (non-hydrogen) atoms. The molecule has 0 fully saturated rings. The zero-order chi connectivity index (χ0) is 8.27. The van der Waals surface area contributed by atoms with Crippen molar-refractivity contribution in [3.05, 3.63) is 11.8 Å². The van der Waals surface area contributed by atoms with E-state index >= 15 is 0 Å². The number of hydrogen-bond donors (Lipinski definition) is 3. The van der Waals surface area contributed by atoms with E-state index in [4.69, 9.17) is 10.3 Å². The third kappa shape index (κ3) is 2.10. The molecule has 62 valence electrons. The number of amides is 1. The van der Waals surface area contributed by atoms with Crippen LogP contribution in [0, 0.1) is 0 Å². The summed E-state index contributed by atoms with van der Waals surface area (Å²) in [5, 5.41) is 19.6. The summed E-state index contributed by atoms with van der Waals surface area (Å²) in [5.41, 5.74) is 0.396. The average molecular weight is 160 g/mol. The molecular weight excluding hydrogens is 152 g/mol. The van der Waals surface area contributed by atoms with E-state index in [0.717, 1.165) is 0 Å². The van der Waals surface area contributed by atoms with E-state index in [1.54, 1.807) is 6.08 Å². The normalized spacial score (nSPS) is 16.5. The lowest BCUT2D eigenvalue weighted by Crippen LogP contribution is -2.28. The Morgan fingerprint density at radius 3 is 3.09 bits per heavy atom. The number of hydrogen-bond acceptors (Lipinski definition) is 4. The second-order valence-corrected chi connectivity index (χ2v) is 1.92. The van der Waals surface area contributed by atoms with E-state index in [1.807, 2.05) is 0 Å². The summed E-state index contributed by atoms with van der Waals surface area (Å²) in [6.07, 6.45) is 0.446. The van der Waals surface area contributed by atoms with E-state index in [0.29, 0.717) is 10.9 Å². The minimum absolute atomic E-state index is 0.0475. The molecule has 3 N–H and O–H groups in total. The van der Waals surface area contributed by atoms with Gasteiger partial charge in [-0.2, -0.15) is 0 Å². The molecule has 0 aromatic heterocycles. The Morgan fingerprint density at radius 1 is 1.91 bits per heavy atom. The number of carboxylic acid groups (broad SMARTS) is 1. The smallest absolute Gasteiger partial charge is 0.404 e. The van der Waals surface area contributed by atoms with Gasteiger partial charge in [0.1, 0.15) is 0 Å². The second kappa shape index (κ2) is 3.22. The SMILES string of the molecule is O=C(O)NCC1=CCON1O. The summed E-state index contributed by atoms with van der Waals surface area (Å²) in [7, 11) is 0. The fourth-order valence-electron chi connectivity index (χ4n) is 0.671. The number of rotatable bonds is 2. The van der Waals surface area contributed by atoms with Crippen molar-refractivity contribution in [1.29, 1.82) is 0 Å². The predicted octanol–water partition coefficient (Wildman–Crippen LogP) is -0.226. The van der Waals surface area contributed by atoms with Gasteiger partial charge in [0.05, 0.1) is 18.8 Å². The van der Waals surface area contributed by atoms with E-state index < -0.39 is 6.09 Å². The molecule has 1 heterocycles. The fraction of sp³-hybridized carbons (Fsp3) is 0.400. The lowest BCUT2D eigenvalue weighted by atomic mass is 10.4. The maximum Gasteiger partial charge on any atom is 0.404 e. The molecule has 0 bridgehead atoms. The van der Waals surface area contributed by atoms with E-state index in [2.05, 4.69) is 10.2 Å². The Bertz CT molecular complexity index is 191. The zero-order valence-electron chi connectivity index (χ0n) is 5.65. The summed E-state index contributed by atoms with van der Waals surface area (Å²) >= 11 is 0. The van der Waals surface area contributed by atoms with Crippen LogP contribution in [0.4, 0.5) is 4.79 Å². The first-order valence-corrected chi connectivity index (χ1v) is 2.98. The van der Waals surface area contributed by atoms with Gasteiger partial charge in [-0.15, -0.1) is 5.23 Å². The van der Waals surface area contributed by atoms with Crippen LogP contribution in [0.3, 0.4) is 0 Å². The summed E-state index contributed by atoms with van der Waals surface area (Å²) in [4.78, 5) is 14.5. The topological polar surface area (TPSA) is 82.0 Å². The largest absolute Gasteiger partial charge is 0.465 e. The van der Waals surface area contributed by atoms with Crippen molar-refractivity contribution >= 4 is 6.09 Å². The van der Waals surface area contributed by atoms with Crippen molar-refractivity contribution in [2.24, 2.45) is 0 Å². The first-order valence-electron chi connectivity index (χ1n) is 2.98. The molecule has 0 radical (unpaired) electrons. The minimum Gasteiger partial charge on any atom is -0.465 e. The van der Waals surface area contributed by atoms with E-state index in [1.165, 1.54) is 0 Å². The van der Waals surface area contributed by atoms with Crippen LogP contribution >= 0.6 is 0 Å². The Hall–Kier alpha value is -1.27. The molecule has 0 aromatic rings. The average Bonchev–Trinajstić information content (AvgIpc) is 2.31. The fourth-order valence-corrected chi connectivity index (χ4v) is 0.671. The van der Waals surface area contributed by atoms with Crippen LogP contribution in [-0.4, -0.2) is 34.8 Å². The van der Waals surface area contributed by atoms with Crippen LogP contribution in [0.25, 0.3) is 0 Å². The highest BCUT2D eigenvalue weighted by molar-refractivity contribution is 5.64. The lowest BCUT2D eigenvalue weighted by molar-refractivity contribution is -0.296. The van der Waals surface area contributed by atoms with Crippen molar-refractivity contribution in [2.45, 2.75) is 0 Å². The number of hydroxylamine groups is 2. The van der Waals surface area contributed by atoms with E-state index in [-0.39, 0.29) is 13.2 Å². The van der Waals surface area contributed by atoms with Gasteiger partial charge in [0.15, 0.2) is 0 Å². The highest BCUT2D eigenvalue weighted by Gasteiger charge is 2.13. The summed E-state index contributed by atoms with van der Waals surface area (Å²) < 4.78 is 0. The summed E-state index contributed by atoms with van der Waals surface area (Å²) in [5.74, 6) is 0. The molecule has 0 aromatic carbocycles. The van der Waals surface area contributed by atoms with Crippen molar-refractivity contribution < 1.29 is 19.9 Å². The maximum atomic E-state index is 9.98. The van der Waals surface area contributed by atoms with Crippen LogP contribution in [0.15, 0.2) is 11.8 Å². The third-order valence-electron chi connectivity index (χ3n) is 1.18. The molecule has 0 saturated heterocycles. The molecule has 1 aliphatic rings. The molecule has 0 spiro atoms. The summed E-state index contributed by atoms with van der Waals surface area (Å²) in [6.45, 7) is 0.318. The Kier molecular flexibility index (Phi) is 2.29. The molecule has 0 atom stereocenters. The van der Waals surface area contributed by atoms with Crippen LogP contribution in [0.1, 0.15) is 0 Å². The molecule has 6 heteroatoms. The number of nitrogens with one attached hydrogen (secondary N) is 1. The molecule has 6 nitrogen and oxygen atoms in total. The highest BCUT2D eigenvalue weighted by Crippen LogP contribution is 2.07. The standard InChI is InChI=1S/C5H8N2O4/c8-5(9)6-3-4-1-2-11-7(4)10/h1,6,10H,2-3H2,(H,8,9). The summed E-state index contributed by atoms with van der Waals surface area (Å²) in [6, 6.07) is 0. The van der Waals surface area contributed by atoms with Crippen LogP contribution in [0.5, 0.6) is 0 Å². The van der Waals surface area contributed by atoms with Crippen LogP contribution in [0.2, 0.25) is 0 Å². The van der Waals surface area contributed by atoms with Gasteiger partial charge in [-0.3, -0.25) is 5.21 Å². The van der Waals surface area contributed by atoms with Gasteiger partial charge in [0.25, 0.3) is 0 Å². The Balaban J connectivity index is 2.31. The molecule has 1 amide bonds. The molecular formula is C5H8N2O4. The first-order chi connectivity index (χ1) is 5.20. The molecule has 0 unspecified atom stereocenters. The second-order valence-electron chi connectivity index (χ2n) is 1.92. The van der Waals surface area contributed by atoms with Gasteiger partial charge < -0.3 is 10.4 Å². The van der Waals surface area contributed by atoms with Gasteiger partial charge in [-0.1, -0.05) is 0 Å². The van der Waals surface area contributed by atoms with Gasteiger partial charge in [0, 0.05) is 0 Å². The van der Waals surface area contributed by atoms with Crippen molar-refractivity contribution in [2.75, 3.05) is 13.2 Å². The lowest BCUT2D eigenvalue weighted by Gasteiger charge is -2.10. The first kappa shape index (κ1) is 7.83. The molecule has 0 saturated carbocycles. The highest BCUT2D eigenvalue weighted by atomic mass is 16.9. The van der Waals surface area contributed by atoms with Gasteiger partial charge in [-0.05, 0) is 6.08 Å². The monoisotopic (exact) mass is 160 g/mol. The van der Waals surface area contributed by atoms with Gasteiger partial charge in [0.2, 0.25) is 0 Å². The maximum absolute atomic E-state index is 9.98. The van der Waals surface area contributed by atoms with Crippen molar-refractivity contribution in [3.63, 3.8) is 0 Å². The Morgan fingerprint density at radius 2 is 2.64 bits per heavy atom. The van der Waals surface area contributed by atoms with Crippen molar-refractivity contribution in [1.82, 2.24) is 10.5 Å². The van der Waals surface area contributed by atoms with Crippen LogP contribution < -0.4 is 5.32 Å². The van der Waals surface area contributed by atoms with Gasteiger partial charge in [-0.25, -0.2) is 9.63 Å².